The number of phenolic OH excluding ortho intramolecular Hbond substituents is 1. The van der Waals surface area contributed by atoms with Gasteiger partial charge in [0, 0.05) is 17.0 Å². The first kappa shape index (κ1) is 19.8. The molecule has 150 valence electrons. The van der Waals surface area contributed by atoms with Gasteiger partial charge < -0.3 is 14.9 Å². The fraction of sp³-hybridized carbons (Fsp3) is 0.571. The normalized spacial score (nSPS) is 35.9. The lowest BCUT2D eigenvalue weighted by molar-refractivity contribution is -0.0648. The number of nitrogens with zero attached hydrogens (tertiary/aromatic N) is 1. The first-order chi connectivity index (χ1) is 13.2. The first-order valence-electron chi connectivity index (χ1n) is 9.66. The van der Waals surface area contributed by atoms with Crippen LogP contribution in [-0.4, -0.2) is 25.6 Å². The zero-order valence-corrected chi connectivity index (χ0v) is 17.5. The number of carbonyl (C=O) groups excluding carboxylic acids is 1. The molecule has 1 aromatic carbocycles. The molecule has 5 nitrogen and oxygen atoms in total. The maximum atomic E-state index is 12.0. The van der Waals surface area contributed by atoms with E-state index in [1.54, 1.807) is 6.07 Å². The highest BCUT2D eigenvalue weighted by Gasteiger charge is 2.61. The molecule has 4 rings (SSSR count). The Labute approximate surface area is 176 Å². The molecule has 3 aliphatic carbocycles. The molecule has 3 aliphatic rings. The van der Waals surface area contributed by atoms with Crippen LogP contribution in [0.15, 0.2) is 12.1 Å². The monoisotopic (exact) mass is 419 g/mol. The van der Waals surface area contributed by atoms with Crippen LogP contribution in [0.2, 0.25) is 0 Å². The number of rotatable bonds is 1. The summed E-state index contributed by atoms with van der Waals surface area (Å²) in [5, 5.41) is 21.2. The summed E-state index contributed by atoms with van der Waals surface area (Å²) in [5.41, 5.74) is 0.666. The number of thiol groups is 2. The van der Waals surface area contributed by atoms with E-state index in [1.807, 2.05) is 0 Å². The quantitative estimate of drug-likeness (QED) is 0.409. The van der Waals surface area contributed by atoms with Gasteiger partial charge in [-0.3, -0.25) is 0 Å². The number of aliphatic hydroxyl groups is 1. The number of hydrogen-bond donors (Lipinski definition) is 4. The highest BCUT2D eigenvalue weighted by Crippen LogP contribution is 2.65. The Balaban J connectivity index is 1.73. The van der Waals surface area contributed by atoms with E-state index in [0.717, 1.165) is 46.9 Å². The van der Waals surface area contributed by atoms with Crippen molar-refractivity contribution < 1.29 is 19.7 Å². The van der Waals surface area contributed by atoms with Gasteiger partial charge in [-0.05, 0) is 93.5 Å². The van der Waals surface area contributed by atoms with Crippen molar-refractivity contribution in [2.24, 2.45) is 17.3 Å². The van der Waals surface area contributed by atoms with Crippen LogP contribution >= 0.6 is 25.6 Å². The fourth-order valence-corrected chi connectivity index (χ4v) is 6.22. The van der Waals surface area contributed by atoms with Crippen molar-refractivity contribution >= 4 is 31.7 Å². The van der Waals surface area contributed by atoms with Crippen LogP contribution in [0.4, 0.5) is 4.79 Å². The van der Waals surface area contributed by atoms with Gasteiger partial charge in [-0.1, -0.05) is 12.8 Å². The Hall–Kier alpha value is -1.49. The molecule has 0 saturated heterocycles. The Bertz CT molecular complexity index is 867. The summed E-state index contributed by atoms with van der Waals surface area (Å²) in [6.07, 6.45) is 9.98. The number of carbonyl (C=O) groups is 1. The van der Waals surface area contributed by atoms with Crippen molar-refractivity contribution in [1.29, 1.82) is 0 Å². The third kappa shape index (κ3) is 2.80. The van der Waals surface area contributed by atoms with Gasteiger partial charge in [-0.15, -0.1) is 6.42 Å². The molecule has 2 fully saturated rings. The SMILES string of the molecule is C#C[C@]1(O)CC[C@H]2[C@@H]3CCc4cc(O)cc(OC(=O)N(S)S)c4[C@H]3CCC21C. The molecular formula is C21H25NO4S2. The molecule has 28 heavy (non-hydrogen) atoms. The Morgan fingerprint density at radius 3 is 2.75 bits per heavy atom. The van der Waals surface area contributed by atoms with Crippen LogP contribution in [0.3, 0.4) is 0 Å². The predicted octanol–water partition coefficient (Wildman–Crippen LogP) is 4.10. The zero-order chi connectivity index (χ0) is 20.3. The molecule has 0 radical (unpaired) electrons. The van der Waals surface area contributed by atoms with Crippen LogP contribution in [0.1, 0.15) is 56.1 Å². The van der Waals surface area contributed by atoms with Crippen LogP contribution in [0.5, 0.6) is 11.5 Å². The summed E-state index contributed by atoms with van der Waals surface area (Å²) in [4.78, 5) is 12.0. The molecule has 0 aromatic heterocycles. The largest absolute Gasteiger partial charge is 0.508 e. The van der Waals surface area contributed by atoms with Crippen LogP contribution in [-0.2, 0) is 6.42 Å². The Kier molecular flexibility index (Phi) is 4.80. The van der Waals surface area contributed by atoms with Crippen LogP contribution < -0.4 is 4.74 Å². The molecule has 0 heterocycles. The van der Waals surface area contributed by atoms with E-state index in [9.17, 15) is 15.0 Å². The van der Waals surface area contributed by atoms with Gasteiger partial charge in [0.25, 0.3) is 0 Å². The molecule has 0 bridgehead atoms. The highest BCUT2D eigenvalue weighted by molar-refractivity contribution is 7.94. The van der Waals surface area contributed by atoms with Crippen LogP contribution in [0, 0.1) is 29.6 Å². The number of ether oxygens (including phenoxy) is 1. The molecule has 7 heteroatoms. The summed E-state index contributed by atoms with van der Waals surface area (Å²) in [7, 11) is 0. The first-order valence-corrected chi connectivity index (χ1v) is 10.5. The predicted molar refractivity (Wildman–Crippen MR) is 112 cm³/mol. The number of benzene rings is 1. The molecule has 0 aliphatic heterocycles. The van der Waals surface area contributed by atoms with Gasteiger partial charge in [-0.25, -0.2) is 4.79 Å². The van der Waals surface area contributed by atoms with Crippen LogP contribution in [0.25, 0.3) is 0 Å². The number of hydrogen-bond acceptors (Lipinski definition) is 6. The van der Waals surface area contributed by atoms with E-state index in [4.69, 9.17) is 11.2 Å². The third-order valence-corrected chi connectivity index (χ3v) is 7.84. The van der Waals surface area contributed by atoms with Gasteiger partial charge in [0.15, 0.2) is 0 Å². The smallest absolute Gasteiger partial charge is 0.435 e. The number of amides is 1. The van der Waals surface area contributed by atoms with E-state index in [-0.39, 0.29) is 17.1 Å². The van der Waals surface area contributed by atoms with E-state index < -0.39 is 11.7 Å². The molecular weight excluding hydrogens is 394 g/mol. The zero-order valence-electron chi connectivity index (χ0n) is 15.8. The molecule has 2 N–H and O–H groups in total. The number of aromatic hydroxyl groups is 1. The molecule has 0 spiro atoms. The topological polar surface area (TPSA) is 70.0 Å². The second kappa shape index (κ2) is 6.79. The average Bonchev–Trinajstić information content (AvgIpc) is 2.92. The highest BCUT2D eigenvalue weighted by atomic mass is 32.2. The van der Waals surface area contributed by atoms with E-state index in [1.165, 1.54) is 6.07 Å². The maximum absolute atomic E-state index is 12.0. The van der Waals surface area contributed by atoms with Gasteiger partial charge in [-0.2, -0.15) is 3.71 Å². The summed E-state index contributed by atoms with van der Waals surface area (Å²) >= 11 is 7.74. The second-order valence-corrected chi connectivity index (χ2v) is 9.70. The average molecular weight is 420 g/mol. The third-order valence-electron chi connectivity index (χ3n) is 7.52. The standard InChI is InChI=1S/C21H25NO4S2/c1-3-21(25)9-7-16-14-5-4-12-10-13(23)11-17(26-19(24)22(27)28)18(12)15(14)6-8-20(16,21)2/h1,10-11,14-16,23,25,27-28H,4-9H2,2H3/t14-,15+,16+,20?,21+/m1/s1. The number of fused-ring (bicyclic) bond motifs is 5. The molecule has 1 amide bonds. The van der Waals surface area contributed by atoms with Crippen molar-refractivity contribution in [3.8, 4) is 23.8 Å². The van der Waals surface area contributed by atoms with Crippen molar-refractivity contribution in [3.63, 3.8) is 0 Å². The number of aryl methyl sites for hydroxylation is 1. The molecule has 1 unspecified atom stereocenters. The maximum Gasteiger partial charge on any atom is 0.435 e. The summed E-state index contributed by atoms with van der Waals surface area (Å²) < 4.78 is 6.27. The Morgan fingerprint density at radius 1 is 1.32 bits per heavy atom. The Morgan fingerprint density at radius 2 is 2.07 bits per heavy atom. The lowest BCUT2D eigenvalue weighted by Crippen LogP contribution is -2.50. The minimum Gasteiger partial charge on any atom is -0.508 e. The molecule has 2 saturated carbocycles. The van der Waals surface area contributed by atoms with E-state index >= 15 is 0 Å². The van der Waals surface area contributed by atoms with Gasteiger partial charge in [0.1, 0.15) is 17.1 Å². The van der Waals surface area contributed by atoms with E-state index in [0.29, 0.717) is 24.0 Å². The fourth-order valence-electron chi connectivity index (χ4n) is 6.14. The van der Waals surface area contributed by atoms with Crippen molar-refractivity contribution in [3.05, 3.63) is 23.3 Å². The molecule has 1 aromatic rings. The second-order valence-electron chi connectivity index (χ2n) is 8.59. The minimum absolute atomic E-state index is 0.0769. The number of terminal acetylenes is 1. The summed E-state index contributed by atoms with van der Waals surface area (Å²) in [5.74, 6) is 4.02. The molecule has 5 atom stereocenters. The van der Waals surface area contributed by atoms with Crippen molar-refractivity contribution in [2.45, 2.75) is 57.0 Å². The van der Waals surface area contributed by atoms with Gasteiger partial charge in [0.2, 0.25) is 0 Å². The summed E-state index contributed by atoms with van der Waals surface area (Å²) in [6, 6.07) is 3.26. The number of phenols is 1. The lowest BCUT2D eigenvalue weighted by atomic mass is 9.53. The minimum atomic E-state index is -1.05. The lowest BCUT2D eigenvalue weighted by Gasteiger charge is -2.52. The van der Waals surface area contributed by atoms with Crippen molar-refractivity contribution in [2.75, 3.05) is 0 Å². The van der Waals surface area contributed by atoms with E-state index in [2.05, 4.69) is 38.5 Å². The van der Waals surface area contributed by atoms with Gasteiger partial charge >= 0.3 is 6.09 Å². The van der Waals surface area contributed by atoms with Crippen molar-refractivity contribution in [1.82, 2.24) is 3.71 Å². The summed E-state index contributed by atoms with van der Waals surface area (Å²) in [6.45, 7) is 2.13. The van der Waals surface area contributed by atoms with Gasteiger partial charge in [0.05, 0.1) is 0 Å².